The first-order chi connectivity index (χ1) is 18.7. The summed E-state index contributed by atoms with van der Waals surface area (Å²) in [5, 5.41) is 25.1. The van der Waals surface area contributed by atoms with Crippen molar-refractivity contribution < 1.29 is 28.9 Å². The molecule has 0 spiro atoms. The SMILES string of the molecule is CC[C@@]1(O)C(=O)OCc2c1cc1n(c2=O)Cc2c-1nc1cc(F)c3c(c1c2CNC(=O)[C@H](O)C1CC1)CCC3. The van der Waals surface area contributed by atoms with E-state index in [1.165, 1.54) is 10.6 Å². The van der Waals surface area contributed by atoms with Gasteiger partial charge in [-0.25, -0.2) is 14.2 Å². The number of esters is 1. The summed E-state index contributed by atoms with van der Waals surface area (Å²) in [5.41, 5.74) is 2.35. The Balaban J connectivity index is 1.43. The smallest absolute Gasteiger partial charge is 0.343 e. The molecule has 0 saturated heterocycles. The second kappa shape index (κ2) is 8.43. The number of halogens is 1. The molecule has 4 aliphatic rings. The predicted octanol–water partition coefficient (Wildman–Crippen LogP) is 2.09. The highest BCUT2D eigenvalue weighted by atomic mass is 19.1. The molecular weight excluding hydrogens is 505 g/mol. The van der Waals surface area contributed by atoms with Crippen LogP contribution in [0.3, 0.4) is 0 Å². The molecule has 2 atom stereocenters. The van der Waals surface area contributed by atoms with Crippen LogP contribution < -0.4 is 10.9 Å². The lowest BCUT2D eigenvalue weighted by Crippen LogP contribution is -2.44. The van der Waals surface area contributed by atoms with E-state index in [0.717, 1.165) is 41.3 Å². The lowest BCUT2D eigenvalue weighted by molar-refractivity contribution is -0.172. The van der Waals surface area contributed by atoms with Gasteiger partial charge in [-0.15, -0.1) is 0 Å². The Morgan fingerprint density at radius 1 is 1.23 bits per heavy atom. The third kappa shape index (κ3) is 3.44. The van der Waals surface area contributed by atoms with E-state index in [1.54, 1.807) is 13.0 Å². The van der Waals surface area contributed by atoms with Crippen LogP contribution in [0.1, 0.15) is 66.0 Å². The van der Waals surface area contributed by atoms with Gasteiger partial charge in [0.15, 0.2) is 5.60 Å². The molecule has 0 radical (unpaired) electrons. The van der Waals surface area contributed by atoms with Gasteiger partial charge in [0.05, 0.1) is 29.0 Å². The fraction of sp³-hybridized carbons (Fsp3) is 0.448. The maximum Gasteiger partial charge on any atom is 0.343 e. The summed E-state index contributed by atoms with van der Waals surface area (Å²) in [7, 11) is 0. The number of hydrogen-bond donors (Lipinski definition) is 3. The number of aromatic nitrogens is 2. The van der Waals surface area contributed by atoms with Gasteiger partial charge < -0.3 is 24.8 Å². The number of nitrogens with zero attached hydrogens (tertiary/aromatic N) is 2. The molecule has 1 amide bonds. The monoisotopic (exact) mass is 533 g/mol. The average molecular weight is 534 g/mol. The normalized spacial score (nSPS) is 21.7. The van der Waals surface area contributed by atoms with Crippen LogP contribution in [0.2, 0.25) is 0 Å². The van der Waals surface area contributed by atoms with Crippen LogP contribution in [-0.2, 0) is 52.5 Å². The van der Waals surface area contributed by atoms with Crippen LogP contribution in [0, 0.1) is 11.7 Å². The quantitative estimate of drug-likeness (QED) is 0.335. The number of fused-ring (bicyclic) bond motifs is 7. The number of amides is 1. The minimum Gasteiger partial charge on any atom is -0.458 e. The van der Waals surface area contributed by atoms with Crippen LogP contribution in [0.25, 0.3) is 22.3 Å². The summed E-state index contributed by atoms with van der Waals surface area (Å²) in [5.74, 6) is -1.62. The van der Waals surface area contributed by atoms with E-state index >= 15 is 4.39 Å². The van der Waals surface area contributed by atoms with Crippen molar-refractivity contribution >= 4 is 22.8 Å². The van der Waals surface area contributed by atoms with Crippen LogP contribution in [-0.4, -0.2) is 37.7 Å². The topological polar surface area (TPSA) is 131 Å². The first-order valence-corrected chi connectivity index (χ1v) is 13.5. The van der Waals surface area contributed by atoms with Crippen LogP contribution in [0.4, 0.5) is 4.39 Å². The number of rotatable bonds is 5. The molecule has 3 N–H and O–H groups in total. The third-order valence-electron chi connectivity index (χ3n) is 8.89. The maximum atomic E-state index is 15.1. The Kier molecular flexibility index (Phi) is 5.28. The van der Waals surface area contributed by atoms with Crippen LogP contribution in [0.15, 0.2) is 16.9 Å². The molecule has 10 heteroatoms. The number of aliphatic hydroxyl groups is 2. The van der Waals surface area contributed by atoms with Crippen LogP contribution >= 0.6 is 0 Å². The van der Waals surface area contributed by atoms with E-state index in [0.29, 0.717) is 35.3 Å². The van der Waals surface area contributed by atoms with Crippen molar-refractivity contribution in [1.29, 1.82) is 0 Å². The molecule has 2 aliphatic heterocycles. The van der Waals surface area contributed by atoms with Gasteiger partial charge >= 0.3 is 5.97 Å². The highest BCUT2D eigenvalue weighted by molar-refractivity contribution is 5.93. The molecule has 2 aliphatic carbocycles. The summed E-state index contributed by atoms with van der Waals surface area (Å²) < 4.78 is 21.8. The summed E-state index contributed by atoms with van der Waals surface area (Å²) in [4.78, 5) is 43.7. The molecule has 2 aromatic heterocycles. The Morgan fingerprint density at radius 2 is 2.00 bits per heavy atom. The van der Waals surface area contributed by atoms with Gasteiger partial charge in [0.1, 0.15) is 18.5 Å². The summed E-state index contributed by atoms with van der Waals surface area (Å²) in [6, 6.07) is 3.03. The average Bonchev–Trinajstić information content (AvgIpc) is 3.54. The zero-order chi connectivity index (χ0) is 27.2. The third-order valence-corrected chi connectivity index (χ3v) is 8.89. The van der Waals surface area contributed by atoms with Gasteiger partial charge in [-0.1, -0.05) is 6.92 Å². The number of aryl methyl sites for hydroxylation is 1. The standard InChI is InChI=1S/C29H28FN3O6/c1-2-29(38)19-8-22-24-17(11-33(22)27(36)18(19)12-39-28(29)37)16(10-31-26(35)25(34)13-6-7-13)23-15-5-3-4-14(15)20(30)9-21(23)32-24/h8-9,13,25,34,38H,2-7,10-12H2,1H3,(H,31,35)/t25-,29+/m1/s1. The second-order valence-electron chi connectivity index (χ2n) is 11.1. The van der Waals surface area contributed by atoms with Gasteiger partial charge in [0.25, 0.3) is 5.56 Å². The summed E-state index contributed by atoms with van der Waals surface area (Å²) in [6.45, 7) is 1.66. The number of carbonyl (C=O) groups is 2. The summed E-state index contributed by atoms with van der Waals surface area (Å²) >= 11 is 0. The number of pyridine rings is 2. The number of hydrogen-bond acceptors (Lipinski definition) is 7. The van der Waals surface area contributed by atoms with E-state index in [9.17, 15) is 24.6 Å². The first-order valence-electron chi connectivity index (χ1n) is 13.5. The molecule has 1 saturated carbocycles. The Labute approximate surface area is 222 Å². The van der Waals surface area contributed by atoms with E-state index in [4.69, 9.17) is 9.72 Å². The van der Waals surface area contributed by atoms with Crippen molar-refractivity contribution in [3.05, 3.63) is 61.7 Å². The van der Waals surface area contributed by atoms with E-state index < -0.39 is 23.6 Å². The number of aliphatic hydroxyl groups excluding tert-OH is 1. The zero-order valence-electron chi connectivity index (χ0n) is 21.5. The fourth-order valence-corrected chi connectivity index (χ4v) is 6.52. The Morgan fingerprint density at radius 3 is 2.74 bits per heavy atom. The largest absolute Gasteiger partial charge is 0.458 e. The first kappa shape index (κ1) is 24.4. The molecule has 7 rings (SSSR count). The van der Waals surface area contributed by atoms with Crippen molar-refractivity contribution in [2.45, 2.75) is 76.9 Å². The number of carbonyl (C=O) groups excluding carboxylic acids is 2. The van der Waals surface area contributed by atoms with Gasteiger partial charge in [0.2, 0.25) is 5.91 Å². The lowest BCUT2D eigenvalue weighted by Gasteiger charge is -2.31. The van der Waals surface area contributed by atoms with Crippen LogP contribution in [0.5, 0.6) is 0 Å². The molecule has 1 fully saturated rings. The van der Waals surface area contributed by atoms with Gasteiger partial charge in [-0.3, -0.25) is 9.59 Å². The van der Waals surface area contributed by atoms with Gasteiger partial charge in [-0.2, -0.15) is 0 Å². The Bertz CT molecular complexity index is 1680. The zero-order valence-corrected chi connectivity index (χ0v) is 21.5. The maximum absolute atomic E-state index is 15.1. The molecular formula is C29H28FN3O6. The highest BCUT2D eigenvalue weighted by Crippen LogP contribution is 2.42. The molecule has 0 bridgehead atoms. The molecule has 9 nitrogen and oxygen atoms in total. The lowest BCUT2D eigenvalue weighted by atomic mass is 9.86. The van der Waals surface area contributed by atoms with E-state index in [-0.39, 0.29) is 54.5 Å². The van der Waals surface area contributed by atoms with E-state index in [2.05, 4.69) is 5.32 Å². The molecule has 3 aromatic rings. The molecule has 202 valence electrons. The van der Waals surface area contributed by atoms with Crippen molar-refractivity contribution in [3.63, 3.8) is 0 Å². The summed E-state index contributed by atoms with van der Waals surface area (Å²) in [6.07, 6.45) is 2.69. The number of ether oxygens (including phenoxy) is 1. The van der Waals surface area contributed by atoms with Crippen molar-refractivity contribution in [3.8, 4) is 11.4 Å². The minimum absolute atomic E-state index is 0.0255. The number of benzene rings is 1. The molecule has 0 unspecified atom stereocenters. The fourth-order valence-electron chi connectivity index (χ4n) is 6.52. The number of cyclic esters (lactones) is 1. The van der Waals surface area contributed by atoms with Gasteiger partial charge in [0, 0.05) is 29.1 Å². The molecule has 1 aromatic carbocycles. The predicted molar refractivity (Wildman–Crippen MR) is 137 cm³/mol. The minimum atomic E-state index is -1.95. The van der Waals surface area contributed by atoms with Crippen molar-refractivity contribution in [1.82, 2.24) is 14.9 Å². The van der Waals surface area contributed by atoms with Crippen molar-refractivity contribution in [2.24, 2.45) is 5.92 Å². The highest BCUT2D eigenvalue weighted by Gasteiger charge is 2.45. The van der Waals surface area contributed by atoms with Crippen molar-refractivity contribution in [2.75, 3.05) is 0 Å². The molecule has 39 heavy (non-hydrogen) atoms. The van der Waals surface area contributed by atoms with E-state index in [1.807, 2.05) is 0 Å². The number of nitrogens with one attached hydrogen (secondary N) is 1. The van der Waals surface area contributed by atoms with Gasteiger partial charge in [-0.05, 0) is 67.2 Å². The second-order valence-corrected chi connectivity index (χ2v) is 11.1. The molecule has 4 heterocycles. The Hall–Kier alpha value is -3.63.